The summed E-state index contributed by atoms with van der Waals surface area (Å²) in [7, 11) is -3.83. The molecular formula is C44H43NOSi2. The summed E-state index contributed by atoms with van der Waals surface area (Å²) in [5, 5.41) is 11.0. The van der Waals surface area contributed by atoms with Crippen molar-refractivity contribution in [2.24, 2.45) is 0 Å². The van der Waals surface area contributed by atoms with Gasteiger partial charge in [-0.05, 0) is 77.0 Å². The standard InChI is InChI=1S/C44H43NOSi2/c1-6-46-40-23-17-37(18-24-40)45(38-19-27-41(28-20-38)47(2,3)43-25-15-33-11-7-9-13-35(33)31-43)39-21-29-42(30-22-39)48(4,5)44-26-16-34-12-8-10-14-36(34)32-44/h7-32H,6H2,1-5H3. The fourth-order valence-corrected chi connectivity index (χ4v) is 11.5. The Morgan fingerprint density at radius 2 is 0.771 bits per heavy atom. The van der Waals surface area contributed by atoms with Gasteiger partial charge in [0.2, 0.25) is 0 Å². The minimum atomic E-state index is -1.91. The lowest BCUT2D eigenvalue weighted by Gasteiger charge is -2.29. The van der Waals surface area contributed by atoms with E-state index in [9.17, 15) is 0 Å². The summed E-state index contributed by atoms with van der Waals surface area (Å²) < 4.78 is 5.79. The second-order valence-corrected chi connectivity index (χ2v) is 22.5. The molecule has 0 N–H and O–H groups in total. The lowest BCUT2D eigenvalue weighted by molar-refractivity contribution is 0.340. The minimum absolute atomic E-state index is 0.653. The summed E-state index contributed by atoms with van der Waals surface area (Å²) >= 11 is 0. The third-order valence-corrected chi connectivity index (χ3v) is 17.1. The van der Waals surface area contributed by atoms with Gasteiger partial charge in [-0.25, -0.2) is 0 Å². The van der Waals surface area contributed by atoms with E-state index in [4.69, 9.17) is 4.74 Å². The fraction of sp³-hybridized carbons (Fsp3) is 0.136. The molecule has 0 aliphatic rings. The third-order valence-electron chi connectivity index (χ3n) is 10.0. The summed E-state index contributed by atoms with van der Waals surface area (Å²) in [6.45, 7) is 12.5. The van der Waals surface area contributed by atoms with Gasteiger partial charge >= 0.3 is 0 Å². The molecule has 7 aromatic rings. The number of hydrogen-bond donors (Lipinski definition) is 0. The topological polar surface area (TPSA) is 12.5 Å². The molecule has 0 amide bonds. The maximum Gasteiger partial charge on any atom is 0.119 e. The van der Waals surface area contributed by atoms with Crippen LogP contribution in [0.5, 0.6) is 5.75 Å². The molecule has 0 saturated carbocycles. The number of benzene rings is 7. The zero-order valence-electron chi connectivity index (χ0n) is 28.6. The number of hydrogen-bond acceptors (Lipinski definition) is 2. The first-order chi connectivity index (χ1) is 23.2. The van der Waals surface area contributed by atoms with Crippen molar-refractivity contribution < 1.29 is 4.74 Å². The Balaban J connectivity index is 1.23. The molecule has 238 valence electrons. The lowest BCUT2D eigenvalue weighted by atomic mass is 10.1. The van der Waals surface area contributed by atoms with Gasteiger partial charge in [-0.1, -0.05) is 156 Å². The van der Waals surface area contributed by atoms with Gasteiger partial charge in [-0.3, -0.25) is 0 Å². The van der Waals surface area contributed by atoms with E-state index in [1.54, 1.807) is 0 Å². The van der Waals surface area contributed by atoms with E-state index in [2.05, 4.69) is 189 Å². The molecule has 0 heterocycles. The quantitative estimate of drug-likeness (QED) is 0.143. The van der Waals surface area contributed by atoms with Gasteiger partial charge in [0.15, 0.2) is 0 Å². The monoisotopic (exact) mass is 657 g/mol. The van der Waals surface area contributed by atoms with E-state index in [1.807, 2.05) is 6.92 Å². The summed E-state index contributed by atoms with van der Waals surface area (Å²) in [4.78, 5) is 2.36. The highest BCUT2D eigenvalue weighted by Gasteiger charge is 2.28. The summed E-state index contributed by atoms with van der Waals surface area (Å²) in [5.41, 5.74) is 3.39. The van der Waals surface area contributed by atoms with Crippen molar-refractivity contribution >= 4 is 75.5 Å². The van der Waals surface area contributed by atoms with Crippen LogP contribution in [0.4, 0.5) is 17.1 Å². The van der Waals surface area contributed by atoms with Crippen molar-refractivity contribution in [3.8, 4) is 5.75 Å². The molecule has 0 aliphatic carbocycles. The predicted octanol–water partition coefficient (Wildman–Crippen LogP) is 9.51. The SMILES string of the molecule is CCOc1ccc(N(c2ccc([Si](C)(C)c3ccc4ccccc4c3)cc2)c2ccc([Si](C)(C)c3ccc4ccccc4c3)cc2)cc1. The van der Waals surface area contributed by atoms with Crippen LogP contribution in [0.2, 0.25) is 26.2 Å². The molecule has 0 aliphatic heterocycles. The Labute approximate surface area is 287 Å². The molecule has 7 rings (SSSR count). The molecular weight excluding hydrogens is 615 g/mol. The van der Waals surface area contributed by atoms with Crippen LogP contribution in [-0.2, 0) is 0 Å². The first-order valence-corrected chi connectivity index (χ1v) is 23.0. The van der Waals surface area contributed by atoms with Crippen LogP contribution in [0.15, 0.2) is 158 Å². The normalized spacial score (nSPS) is 11.9. The Morgan fingerprint density at radius 3 is 1.17 bits per heavy atom. The van der Waals surface area contributed by atoms with Crippen LogP contribution in [-0.4, -0.2) is 22.8 Å². The van der Waals surface area contributed by atoms with Gasteiger partial charge in [-0.2, -0.15) is 0 Å². The molecule has 0 bridgehead atoms. The van der Waals surface area contributed by atoms with Crippen molar-refractivity contribution in [2.75, 3.05) is 11.5 Å². The average molecular weight is 658 g/mol. The van der Waals surface area contributed by atoms with E-state index >= 15 is 0 Å². The number of rotatable bonds is 9. The van der Waals surface area contributed by atoms with Crippen molar-refractivity contribution in [3.05, 3.63) is 158 Å². The molecule has 2 nitrogen and oxygen atoms in total. The molecule has 0 unspecified atom stereocenters. The van der Waals surface area contributed by atoms with Gasteiger partial charge < -0.3 is 9.64 Å². The highest BCUT2D eigenvalue weighted by atomic mass is 28.3. The van der Waals surface area contributed by atoms with Gasteiger partial charge in [-0.15, -0.1) is 0 Å². The molecule has 0 radical (unpaired) electrons. The summed E-state index contributed by atoms with van der Waals surface area (Å²) in [5.74, 6) is 0.887. The van der Waals surface area contributed by atoms with Gasteiger partial charge in [0.1, 0.15) is 21.9 Å². The Hall–Kier alpha value is -4.91. The minimum Gasteiger partial charge on any atom is -0.494 e. The number of fused-ring (bicyclic) bond motifs is 2. The molecule has 0 saturated heterocycles. The maximum absolute atomic E-state index is 5.79. The number of nitrogens with zero attached hydrogens (tertiary/aromatic N) is 1. The second-order valence-electron chi connectivity index (χ2n) is 13.7. The Morgan fingerprint density at radius 1 is 0.417 bits per heavy atom. The smallest absolute Gasteiger partial charge is 0.119 e. The molecule has 48 heavy (non-hydrogen) atoms. The lowest BCUT2D eigenvalue weighted by Crippen LogP contribution is -2.52. The van der Waals surface area contributed by atoms with Crippen molar-refractivity contribution in [2.45, 2.75) is 33.1 Å². The summed E-state index contributed by atoms with van der Waals surface area (Å²) in [6.07, 6.45) is 0. The molecule has 0 atom stereocenters. The third kappa shape index (κ3) is 6.10. The van der Waals surface area contributed by atoms with Crippen molar-refractivity contribution in [1.82, 2.24) is 0 Å². The zero-order valence-corrected chi connectivity index (χ0v) is 30.6. The first kappa shape index (κ1) is 31.7. The maximum atomic E-state index is 5.79. The number of ether oxygens (including phenoxy) is 1. The zero-order chi connectivity index (χ0) is 33.3. The summed E-state index contributed by atoms with van der Waals surface area (Å²) in [6, 6.07) is 58.3. The van der Waals surface area contributed by atoms with Crippen molar-refractivity contribution in [3.63, 3.8) is 0 Å². The van der Waals surface area contributed by atoms with E-state index < -0.39 is 16.1 Å². The Bertz CT molecular complexity index is 2050. The molecule has 4 heteroatoms. The second kappa shape index (κ2) is 12.9. The van der Waals surface area contributed by atoms with Crippen LogP contribution in [0.25, 0.3) is 21.5 Å². The van der Waals surface area contributed by atoms with Gasteiger partial charge in [0, 0.05) is 17.1 Å². The van der Waals surface area contributed by atoms with Gasteiger partial charge in [0.25, 0.3) is 0 Å². The molecule has 7 aromatic carbocycles. The Kier molecular flexibility index (Phi) is 8.55. The van der Waals surface area contributed by atoms with E-state index in [-0.39, 0.29) is 0 Å². The first-order valence-electron chi connectivity index (χ1n) is 17.0. The van der Waals surface area contributed by atoms with E-state index in [0.29, 0.717) is 6.61 Å². The number of anilines is 3. The van der Waals surface area contributed by atoms with Crippen LogP contribution < -0.4 is 30.4 Å². The highest BCUT2D eigenvalue weighted by molar-refractivity contribution is 7.01. The highest BCUT2D eigenvalue weighted by Crippen LogP contribution is 2.35. The van der Waals surface area contributed by atoms with E-state index in [1.165, 1.54) is 42.3 Å². The van der Waals surface area contributed by atoms with Gasteiger partial charge in [0.05, 0.1) is 6.61 Å². The van der Waals surface area contributed by atoms with E-state index in [0.717, 1.165) is 22.8 Å². The van der Waals surface area contributed by atoms with Crippen LogP contribution in [0.3, 0.4) is 0 Å². The molecule has 0 spiro atoms. The molecule has 0 fully saturated rings. The predicted molar refractivity (Wildman–Crippen MR) is 214 cm³/mol. The van der Waals surface area contributed by atoms with Crippen molar-refractivity contribution in [1.29, 1.82) is 0 Å². The van der Waals surface area contributed by atoms with Crippen LogP contribution in [0.1, 0.15) is 6.92 Å². The fourth-order valence-electron chi connectivity index (χ4n) is 6.85. The average Bonchev–Trinajstić information content (AvgIpc) is 3.12. The van der Waals surface area contributed by atoms with Crippen LogP contribution in [0, 0.1) is 0 Å². The van der Waals surface area contributed by atoms with Crippen LogP contribution >= 0.6 is 0 Å². The largest absolute Gasteiger partial charge is 0.494 e. The molecule has 0 aromatic heterocycles.